The number of hydrogen-bond acceptors (Lipinski definition) is 6. The van der Waals surface area contributed by atoms with Crippen molar-refractivity contribution >= 4 is 45.2 Å². The van der Waals surface area contributed by atoms with Crippen LogP contribution in [0.3, 0.4) is 0 Å². The summed E-state index contributed by atoms with van der Waals surface area (Å²) in [5.41, 5.74) is 0.989. The third-order valence-corrected chi connectivity index (χ3v) is 5.76. The number of rotatable bonds is 5. The summed E-state index contributed by atoms with van der Waals surface area (Å²) in [6.07, 6.45) is 0.783. The lowest BCUT2D eigenvalue weighted by atomic mass is 10.1. The molecule has 0 bridgehead atoms. The van der Waals surface area contributed by atoms with Crippen molar-refractivity contribution in [2.24, 2.45) is 0 Å². The van der Waals surface area contributed by atoms with Gasteiger partial charge in [0.15, 0.2) is 5.16 Å². The van der Waals surface area contributed by atoms with Crippen LogP contribution in [0.15, 0.2) is 61.6 Å². The van der Waals surface area contributed by atoms with E-state index in [1.54, 1.807) is 34.9 Å². The fraction of sp³-hybridized carbons (Fsp3) is 0.190. The molecule has 0 amide bonds. The van der Waals surface area contributed by atoms with Gasteiger partial charge < -0.3 is 9.52 Å². The third-order valence-electron chi connectivity index (χ3n) is 4.50. The molecule has 4 aromatic rings. The Morgan fingerprint density at radius 3 is 2.72 bits per heavy atom. The molecular weight excluding hydrogens is 412 g/mol. The van der Waals surface area contributed by atoms with Gasteiger partial charge in [0, 0.05) is 34.8 Å². The minimum Gasteiger partial charge on any atom is -0.508 e. The van der Waals surface area contributed by atoms with Crippen LogP contribution < -0.4 is 11.2 Å². The highest BCUT2D eigenvalue weighted by atomic mass is 35.5. The first kappa shape index (κ1) is 19.5. The van der Waals surface area contributed by atoms with Crippen LogP contribution in [-0.2, 0) is 12.3 Å². The largest absolute Gasteiger partial charge is 0.508 e. The number of phenolic OH excluding ortho intramolecular Hbond substituents is 1. The molecular formula is C21H17ClN2O4S. The lowest BCUT2D eigenvalue weighted by Crippen LogP contribution is -2.23. The number of halogens is 1. The van der Waals surface area contributed by atoms with Gasteiger partial charge in [-0.15, -0.1) is 0 Å². The summed E-state index contributed by atoms with van der Waals surface area (Å²) in [5.74, 6) is 0.435. The lowest BCUT2D eigenvalue weighted by molar-refractivity contribution is 0.473. The molecule has 0 saturated carbocycles. The van der Waals surface area contributed by atoms with Crippen molar-refractivity contribution in [3.63, 3.8) is 0 Å². The molecule has 2 aromatic heterocycles. The highest BCUT2D eigenvalue weighted by Crippen LogP contribution is 2.28. The minimum atomic E-state index is -0.497. The Morgan fingerprint density at radius 2 is 1.93 bits per heavy atom. The second-order valence-electron chi connectivity index (χ2n) is 6.57. The van der Waals surface area contributed by atoms with Crippen molar-refractivity contribution in [2.45, 2.75) is 30.8 Å². The maximum atomic E-state index is 12.9. The quantitative estimate of drug-likeness (QED) is 0.285. The molecule has 0 aliphatic carbocycles. The number of phenols is 1. The molecule has 148 valence electrons. The van der Waals surface area contributed by atoms with E-state index in [0.717, 1.165) is 17.4 Å². The molecule has 0 spiro atoms. The van der Waals surface area contributed by atoms with Gasteiger partial charge in [0.1, 0.15) is 11.3 Å². The van der Waals surface area contributed by atoms with E-state index in [4.69, 9.17) is 16.0 Å². The van der Waals surface area contributed by atoms with Crippen LogP contribution in [0, 0.1) is 0 Å². The Kier molecular flexibility index (Phi) is 5.34. The lowest BCUT2D eigenvalue weighted by Gasteiger charge is -2.13. The number of fused-ring (bicyclic) bond motifs is 2. The van der Waals surface area contributed by atoms with Crippen molar-refractivity contribution in [1.82, 2.24) is 9.55 Å². The summed E-state index contributed by atoms with van der Waals surface area (Å²) in [6, 6.07) is 11.1. The molecule has 6 nitrogen and oxygen atoms in total. The van der Waals surface area contributed by atoms with E-state index in [-0.39, 0.29) is 11.3 Å². The summed E-state index contributed by atoms with van der Waals surface area (Å²) in [7, 11) is 0. The smallest absolute Gasteiger partial charge is 0.336 e. The number of aromatic hydroxyl groups is 1. The summed E-state index contributed by atoms with van der Waals surface area (Å²) < 4.78 is 6.83. The molecule has 8 heteroatoms. The van der Waals surface area contributed by atoms with Crippen LogP contribution in [0.25, 0.3) is 21.9 Å². The molecule has 0 aliphatic rings. The van der Waals surface area contributed by atoms with Crippen LogP contribution in [-0.4, -0.2) is 14.7 Å². The maximum Gasteiger partial charge on any atom is 0.336 e. The number of hydrogen-bond donors (Lipinski definition) is 1. The zero-order chi connectivity index (χ0) is 20.5. The van der Waals surface area contributed by atoms with Gasteiger partial charge in [-0.1, -0.05) is 30.3 Å². The van der Waals surface area contributed by atoms with Crippen LogP contribution >= 0.6 is 23.4 Å². The SMILES string of the molecule is CCCn1c(SCc2cc(=O)oc3cc(O)ccc23)nc2cc(Cl)ccc2c1=O. The summed E-state index contributed by atoms with van der Waals surface area (Å²) in [5, 5.41) is 12.0. The van der Waals surface area contributed by atoms with Gasteiger partial charge in [0.25, 0.3) is 5.56 Å². The normalized spacial score (nSPS) is 11.4. The minimum absolute atomic E-state index is 0.0234. The fourth-order valence-electron chi connectivity index (χ4n) is 3.19. The standard InChI is InChI=1S/C21H17ClN2O4S/c1-2-7-24-20(27)16-5-3-13(22)9-17(16)23-21(24)29-11-12-8-19(26)28-18-10-14(25)4-6-15(12)18/h3-6,8-10,25H,2,7,11H2,1H3. The highest BCUT2D eigenvalue weighted by Gasteiger charge is 2.13. The summed E-state index contributed by atoms with van der Waals surface area (Å²) >= 11 is 7.44. The summed E-state index contributed by atoms with van der Waals surface area (Å²) in [4.78, 5) is 29.5. The Morgan fingerprint density at radius 1 is 1.14 bits per heavy atom. The second kappa shape index (κ2) is 7.93. The monoisotopic (exact) mass is 428 g/mol. The average molecular weight is 429 g/mol. The number of thioether (sulfide) groups is 1. The van der Waals surface area contributed by atoms with E-state index in [1.807, 2.05) is 6.92 Å². The van der Waals surface area contributed by atoms with E-state index < -0.39 is 5.63 Å². The van der Waals surface area contributed by atoms with Crippen molar-refractivity contribution in [3.8, 4) is 5.75 Å². The van der Waals surface area contributed by atoms with Crippen LogP contribution in [0.1, 0.15) is 18.9 Å². The molecule has 29 heavy (non-hydrogen) atoms. The first-order valence-electron chi connectivity index (χ1n) is 9.05. The molecule has 4 rings (SSSR count). The zero-order valence-electron chi connectivity index (χ0n) is 15.5. The Bertz CT molecular complexity index is 1350. The van der Waals surface area contributed by atoms with Crippen molar-refractivity contribution in [3.05, 3.63) is 73.8 Å². The van der Waals surface area contributed by atoms with Crippen LogP contribution in [0.4, 0.5) is 0 Å². The van der Waals surface area contributed by atoms with Gasteiger partial charge in [-0.2, -0.15) is 0 Å². The number of nitrogens with zero attached hydrogens (tertiary/aromatic N) is 2. The van der Waals surface area contributed by atoms with Crippen molar-refractivity contribution in [2.75, 3.05) is 0 Å². The van der Waals surface area contributed by atoms with E-state index >= 15 is 0 Å². The first-order chi connectivity index (χ1) is 14.0. The van der Waals surface area contributed by atoms with E-state index in [2.05, 4.69) is 4.98 Å². The molecule has 2 heterocycles. The zero-order valence-corrected chi connectivity index (χ0v) is 17.1. The van der Waals surface area contributed by atoms with E-state index in [9.17, 15) is 14.7 Å². The van der Waals surface area contributed by atoms with Gasteiger partial charge in [0.2, 0.25) is 0 Å². The van der Waals surface area contributed by atoms with Gasteiger partial charge >= 0.3 is 5.63 Å². The van der Waals surface area contributed by atoms with E-state index in [1.165, 1.54) is 23.9 Å². The van der Waals surface area contributed by atoms with Crippen molar-refractivity contribution < 1.29 is 9.52 Å². The predicted molar refractivity (Wildman–Crippen MR) is 115 cm³/mol. The Balaban J connectivity index is 1.78. The maximum absolute atomic E-state index is 12.9. The average Bonchev–Trinajstić information content (AvgIpc) is 2.68. The highest BCUT2D eigenvalue weighted by molar-refractivity contribution is 7.98. The third kappa shape index (κ3) is 3.88. The molecule has 2 aromatic carbocycles. The van der Waals surface area contributed by atoms with Gasteiger partial charge in [-0.25, -0.2) is 9.78 Å². The van der Waals surface area contributed by atoms with E-state index in [0.29, 0.717) is 39.0 Å². The first-order valence-corrected chi connectivity index (χ1v) is 10.4. The summed E-state index contributed by atoms with van der Waals surface area (Å²) in [6.45, 7) is 2.54. The number of benzene rings is 2. The van der Waals surface area contributed by atoms with Gasteiger partial charge in [0.05, 0.1) is 10.9 Å². The predicted octanol–water partition coefficient (Wildman–Crippen LogP) is 4.56. The molecule has 0 atom stereocenters. The van der Waals surface area contributed by atoms with Gasteiger partial charge in [-0.05, 0) is 42.3 Å². The molecule has 0 unspecified atom stereocenters. The Labute approximate surface area is 174 Å². The fourth-order valence-corrected chi connectivity index (χ4v) is 4.37. The Hall–Kier alpha value is -2.77. The van der Waals surface area contributed by atoms with Gasteiger partial charge in [-0.3, -0.25) is 9.36 Å². The molecule has 0 fully saturated rings. The number of aromatic nitrogens is 2. The van der Waals surface area contributed by atoms with Crippen molar-refractivity contribution in [1.29, 1.82) is 0 Å². The molecule has 1 N–H and O–H groups in total. The second-order valence-corrected chi connectivity index (χ2v) is 7.95. The van der Waals surface area contributed by atoms with Crippen LogP contribution in [0.5, 0.6) is 5.75 Å². The molecule has 0 aliphatic heterocycles. The molecule has 0 radical (unpaired) electrons. The van der Waals surface area contributed by atoms with Crippen LogP contribution in [0.2, 0.25) is 5.02 Å². The molecule has 0 saturated heterocycles. The topological polar surface area (TPSA) is 85.3 Å².